The first-order valence-electron chi connectivity index (χ1n) is 6.06. The van der Waals surface area contributed by atoms with Crippen LogP contribution in [0.15, 0.2) is 6.07 Å². The fourth-order valence-electron chi connectivity index (χ4n) is 1.59. The quantitative estimate of drug-likeness (QED) is 0.777. The molecule has 1 heterocycles. The molecule has 0 saturated carbocycles. The summed E-state index contributed by atoms with van der Waals surface area (Å²) in [6.45, 7) is 6.41. The summed E-state index contributed by atoms with van der Waals surface area (Å²) in [5.41, 5.74) is 6.53. The lowest BCUT2D eigenvalue weighted by atomic mass is 10.3. The van der Waals surface area contributed by atoms with E-state index in [2.05, 4.69) is 21.8 Å². The number of ether oxygens (including phenoxy) is 1. The molecule has 0 aromatic carbocycles. The van der Waals surface area contributed by atoms with E-state index in [-0.39, 0.29) is 0 Å². The Bertz CT molecular complexity index is 343. The van der Waals surface area contributed by atoms with Crippen LogP contribution in [0.4, 0.5) is 5.95 Å². The van der Waals surface area contributed by atoms with Crippen LogP contribution < -0.4 is 15.4 Å². The van der Waals surface area contributed by atoms with Crippen molar-refractivity contribution in [3.63, 3.8) is 0 Å². The number of hydrogen-bond donors (Lipinski definition) is 1. The summed E-state index contributed by atoms with van der Waals surface area (Å²) in [4.78, 5) is 10.9. The largest absolute Gasteiger partial charge is 0.481 e. The minimum Gasteiger partial charge on any atom is -0.481 e. The molecule has 0 aliphatic rings. The first kappa shape index (κ1) is 13.7. The first-order valence-corrected chi connectivity index (χ1v) is 6.06. The highest BCUT2D eigenvalue weighted by Crippen LogP contribution is 2.15. The number of unbranched alkanes of at least 4 members (excludes halogenated alkanes) is 1. The zero-order valence-electron chi connectivity index (χ0n) is 10.9. The molecule has 1 rings (SSSR count). The summed E-state index contributed by atoms with van der Waals surface area (Å²) in [5, 5.41) is 0. The minimum atomic E-state index is 0.601. The molecule has 96 valence electrons. The third-order valence-electron chi connectivity index (χ3n) is 2.49. The topological polar surface area (TPSA) is 64.3 Å². The SMILES string of the molecule is CCCCN(CCN)c1nc(C)cc(OC)n1. The van der Waals surface area contributed by atoms with Gasteiger partial charge in [0.2, 0.25) is 11.8 Å². The molecule has 0 atom stereocenters. The number of rotatable bonds is 7. The van der Waals surface area contributed by atoms with Crippen LogP contribution in [0.2, 0.25) is 0 Å². The molecular weight excluding hydrogens is 216 g/mol. The molecule has 0 aliphatic heterocycles. The van der Waals surface area contributed by atoms with Crippen LogP contribution in [0.3, 0.4) is 0 Å². The van der Waals surface area contributed by atoms with Crippen molar-refractivity contribution >= 4 is 5.95 Å². The summed E-state index contributed by atoms with van der Waals surface area (Å²) in [5.74, 6) is 1.31. The van der Waals surface area contributed by atoms with E-state index in [1.54, 1.807) is 7.11 Å². The standard InChI is InChI=1S/C12H22N4O/c1-4-5-7-16(8-6-13)12-14-10(2)9-11(15-12)17-3/h9H,4-8,13H2,1-3H3. The van der Waals surface area contributed by atoms with Crippen LogP contribution in [0.5, 0.6) is 5.88 Å². The van der Waals surface area contributed by atoms with Gasteiger partial charge >= 0.3 is 0 Å². The summed E-state index contributed by atoms with van der Waals surface area (Å²) < 4.78 is 5.16. The minimum absolute atomic E-state index is 0.601. The van der Waals surface area contributed by atoms with Crippen molar-refractivity contribution in [1.82, 2.24) is 9.97 Å². The van der Waals surface area contributed by atoms with Crippen molar-refractivity contribution in [1.29, 1.82) is 0 Å². The first-order chi connectivity index (χ1) is 8.21. The molecule has 0 saturated heterocycles. The molecule has 0 amide bonds. The lowest BCUT2D eigenvalue weighted by molar-refractivity contribution is 0.396. The number of anilines is 1. The van der Waals surface area contributed by atoms with Crippen molar-refractivity contribution in [2.45, 2.75) is 26.7 Å². The van der Waals surface area contributed by atoms with Gasteiger partial charge in [-0.15, -0.1) is 0 Å². The maximum absolute atomic E-state index is 5.62. The van der Waals surface area contributed by atoms with Crippen LogP contribution in [-0.2, 0) is 0 Å². The molecular formula is C12H22N4O. The van der Waals surface area contributed by atoms with Gasteiger partial charge in [-0.3, -0.25) is 0 Å². The van der Waals surface area contributed by atoms with Gasteiger partial charge in [0.25, 0.3) is 0 Å². The maximum Gasteiger partial charge on any atom is 0.228 e. The summed E-state index contributed by atoms with van der Waals surface area (Å²) in [6, 6.07) is 1.82. The van der Waals surface area contributed by atoms with E-state index < -0.39 is 0 Å². The monoisotopic (exact) mass is 238 g/mol. The van der Waals surface area contributed by atoms with Crippen molar-refractivity contribution in [2.75, 3.05) is 31.6 Å². The Morgan fingerprint density at radius 1 is 1.35 bits per heavy atom. The summed E-state index contributed by atoms with van der Waals surface area (Å²) in [7, 11) is 1.62. The highest BCUT2D eigenvalue weighted by molar-refractivity contribution is 5.34. The smallest absolute Gasteiger partial charge is 0.228 e. The molecule has 1 aromatic rings. The average Bonchev–Trinajstić information content (AvgIpc) is 2.33. The van der Waals surface area contributed by atoms with Gasteiger partial charge in [0.1, 0.15) is 0 Å². The molecule has 0 aliphatic carbocycles. The van der Waals surface area contributed by atoms with Gasteiger partial charge in [0.05, 0.1) is 7.11 Å². The number of nitrogens with two attached hydrogens (primary N) is 1. The summed E-state index contributed by atoms with van der Waals surface area (Å²) in [6.07, 6.45) is 2.25. The van der Waals surface area contributed by atoms with Gasteiger partial charge in [0.15, 0.2) is 0 Å². The highest BCUT2D eigenvalue weighted by Gasteiger charge is 2.10. The predicted molar refractivity (Wildman–Crippen MR) is 69.5 cm³/mol. The number of aromatic nitrogens is 2. The fourth-order valence-corrected chi connectivity index (χ4v) is 1.59. The molecule has 2 N–H and O–H groups in total. The zero-order chi connectivity index (χ0) is 12.7. The molecule has 1 aromatic heterocycles. The van der Waals surface area contributed by atoms with E-state index in [1.807, 2.05) is 13.0 Å². The molecule has 17 heavy (non-hydrogen) atoms. The molecule has 0 spiro atoms. The van der Waals surface area contributed by atoms with Gasteiger partial charge < -0.3 is 15.4 Å². The van der Waals surface area contributed by atoms with E-state index in [9.17, 15) is 0 Å². The Kier molecular flexibility index (Phi) is 5.69. The average molecular weight is 238 g/mol. The van der Waals surface area contributed by atoms with Crippen molar-refractivity contribution < 1.29 is 4.74 Å². The summed E-state index contributed by atoms with van der Waals surface area (Å²) >= 11 is 0. The molecule has 5 heteroatoms. The third-order valence-corrected chi connectivity index (χ3v) is 2.49. The van der Waals surface area contributed by atoms with E-state index >= 15 is 0 Å². The second kappa shape index (κ2) is 7.06. The van der Waals surface area contributed by atoms with Gasteiger partial charge in [-0.25, -0.2) is 4.98 Å². The van der Waals surface area contributed by atoms with Crippen LogP contribution in [0, 0.1) is 6.92 Å². The van der Waals surface area contributed by atoms with Crippen LogP contribution >= 0.6 is 0 Å². The van der Waals surface area contributed by atoms with E-state index in [1.165, 1.54) is 0 Å². The Labute approximate surface area is 103 Å². The number of methoxy groups -OCH3 is 1. The number of aryl methyl sites for hydroxylation is 1. The van der Waals surface area contributed by atoms with E-state index in [4.69, 9.17) is 10.5 Å². The molecule has 0 fully saturated rings. The molecule has 5 nitrogen and oxygen atoms in total. The van der Waals surface area contributed by atoms with E-state index in [0.717, 1.165) is 31.6 Å². The fraction of sp³-hybridized carbons (Fsp3) is 0.667. The van der Waals surface area contributed by atoms with Crippen LogP contribution in [0.25, 0.3) is 0 Å². The molecule has 0 unspecified atom stereocenters. The number of hydrogen-bond acceptors (Lipinski definition) is 5. The van der Waals surface area contributed by atoms with Crippen molar-refractivity contribution in [2.24, 2.45) is 5.73 Å². The molecule has 0 radical (unpaired) electrons. The lowest BCUT2D eigenvalue weighted by Gasteiger charge is -2.22. The second-order valence-corrected chi connectivity index (χ2v) is 3.98. The lowest BCUT2D eigenvalue weighted by Crippen LogP contribution is -2.32. The van der Waals surface area contributed by atoms with Gasteiger partial charge in [0, 0.05) is 31.4 Å². The number of nitrogens with zero attached hydrogens (tertiary/aromatic N) is 3. The Morgan fingerprint density at radius 3 is 2.71 bits per heavy atom. The predicted octanol–water partition coefficient (Wildman–Crippen LogP) is 1.36. The highest BCUT2D eigenvalue weighted by atomic mass is 16.5. The molecule has 0 bridgehead atoms. The van der Waals surface area contributed by atoms with Crippen molar-refractivity contribution in [3.05, 3.63) is 11.8 Å². The Hall–Kier alpha value is -1.36. The third kappa shape index (κ3) is 4.19. The Morgan fingerprint density at radius 2 is 2.12 bits per heavy atom. The maximum atomic E-state index is 5.62. The van der Waals surface area contributed by atoms with Crippen molar-refractivity contribution in [3.8, 4) is 5.88 Å². The van der Waals surface area contributed by atoms with E-state index in [0.29, 0.717) is 18.4 Å². The van der Waals surface area contributed by atoms with Crippen LogP contribution in [0.1, 0.15) is 25.5 Å². The van der Waals surface area contributed by atoms with Crippen LogP contribution in [-0.4, -0.2) is 36.7 Å². The normalized spacial score (nSPS) is 10.4. The van der Waals surface area contributed by atoms with Gasteiger partial charge in [-0.2, -0.15) is 4.98 Å². The second-order valence-electron chi connectivity index (χ2n) is 3.98. The Balaban J connectivity index is 2.87. The van der Waals surface area contributed by atoms with Gasteiger partial charge in [-0.05, 0) is 13.3 Å². The van der Waals surface area contributed by atoms with Gasteiger partial charge in [-0.1, -0.05) is 13.3 Å². The zero-order valence-corrected chi connectivity index (χ0v) is 10.9.